The number of hydrogen-bond acceptors (Lipinski definition) is 3. The Hall–Kier alpha value is -1.43. The lowest BCUT2D eigenvalue weighted by atomic mass is 9.94. The zero-order valence-corrected chi connectivity index (χ0v) is 11.6. The van der Waals surface area contributed by atoms with E-state index in [1.165, 1.54) is 6.07 Å². The molecule has 0 aromatic heterocycles. The number of piperidine rings is 1. The van der Waals surface area contributed by atoms with Crippen LogP contribution in [0.3, 0.4) is 0 Å². The number of ether oxygens (including phenoxy) is 1. The summed E-state index contributed by atoms with van der Waals surface area (Å²) in [6.07, 6.45) is -2.64. The Morgan fingerprint density at radius 3 is 2.65 bits per heavy atom. The molecule has 1 aliphatic rings. The van der Waals surface area contributed by atoms with Crippen molar-refractivity contribution in [1.29, 1.82) is 0 Å². The third-order valence-corrected chi connectivity index (χ3v) is 3.86. The highest BCUT2D eigenvalue weighted by Crippen LogP contribution is 2.37. The molecule has 112 valence electrons. The van der Waals surface area contributed by atoms with Gasteiger partial charge in [0.2, 0.25) is 0 Å². The van der Waals surface area contributed by atoms with Crippen molar-refractivity contribution in [2.45, 2.75) is 31.5 Å². The molecule has 1 atom stereocenters. The van der Waals surface area contributed by atoms with Crippen molar-refractivity contribution < 1.29 is 17.9 Å². The zero-order chi connectivity index (χ0) is 15.0. The number of nitrogens with two attached hydrogens (primary N) is 1. The second kappa shape index (κ2) is 5.16. The van der Waals surface area contributed by atoms with Gasteiger partial charge in [0, 0.05) is 31.6 Å². The SMILES string of the molecule is COC1(C)CCCN(c2ccc(N)c(C(F)(F)F)c2)C1. The van der Waals surface area contributed by atoms with Gasteiger partial charge in [0.1, 0.15) is 0 Å². The molecule has 1 aromatic carbocycles. The van der Waals surface area contributed by atoms with E-state index in [0.717, 1.165) is 25.5 Å². The van der Waals surface area contributed by atoms with Gasteiger partial charge in [0.05, 0.1) is 11.2 Å². The Morgan fingerprint density at radius 2 is 2.05 bits per heavy atom. The maximum atomic E-state index is 12.9. The number of benzene rings is 1. The van der Waals surface area contributed by atoms with E-state index < -0.39 is 11.7 Å². The number of anilines is 2. The normalized spacial score (nSPS) is 23.9. The minimum atomic E-state index is -4.43. The van der Waals surface area contributed by atoms with E-state index in [0.29, 0.717) is 12.2 Å². The van der Waals surface area contributed by atoms with Crippen molar-refractivity contribution in [2.24, 2.45) is 0 Å². The number of hydrogen-bond donors (Lipinski definition) is 1. The Balaban J connectivity index is 2.29. The number of methoxy groups -OCH3 is 1. The second-order valence-corrected chi connectivity index (χ2v) is 5.45. The van der Waals surface area contributed by atoms with E-state index in [9.17, 15) is 13.2 Å². The van der Waals surface area contributed by atoms with Gasteiger partial charge in [-0.3, -0.25) is 0 Å². The van der Waals surface area contributed by atoms with E-state index in [-0.39, 0.29) is 11.3 Å². The average molecular weight is 288 g/mol. The minimum absolute atomic E-state index is 0.243. The average Bonchev–Trinajstić information content (AvgIpc) is 2.38. The van der Waals surface area contributed by atoms with Crippen LogP contribution in [-0.2, 0) is 10.9 Å². The summed E-state index contributed by atoms with van der Waals surface area (Å²) in [5.41, 5.74) is 4.62. The van der Waals surface area contributed by atoms with Gasteiger partial charge in [0.15, 0.2) is 0 Å². The van der Waals surface area contributed by atoms with Crippen LogP contribution in [-0.4, -0.2) is 25.8 Å². The zero-order valence-electron chi connectivity index (χ0n) is 11.6. The molecule has 1 aromatic rings. The smallest absolute Gasteiger partial charge is 0.398 e. The van der Waals surface area contributed by atoms with Gasteiger partial charge in [-0.15, -0.1) is 0 Å². The first-order valence-corrected chi connectivity index (χ1v) is 6.52. The van der Waals surface area contributed by atoms with Gasteiger partial charge in [-0.2, -0.15) is 13.2 Å². The molecule has 0 bridgehead atoms. The molecule has 1 unspecified atom stereocenters. The molecule has 1 saturated heterocycles. The van der Waals surface area contributed by atoms with E-state index in [2.05, 4.69) is 0 Å². The molecule has 1 aliphatic heterocycles. The summed E-state index contributed by atoms with van der Waals surface area (Å²) in [6, 6.07) is 4.07. The molecular weight excluding hydrogens is 269 g/mol. The number of nitrogens with zero attached hydrogens (tertiary/aromatic N) is 1. The Labute approximate surface area is 116 Å². The maximum absolute atomic E-state index is 12.9. The largest absolute Gasteiger partial charge is 0.418 e. The summed E-state index contributed by atoms with van der Waals surface area (Å²) in [4.78, 5) is 1.92. The number of nitrogen functional groups attached to an aromatic ring is 1. The molecule has 0 saturated carbocycles. The van der Waals surface area contributed by atoms with E-state index in [1.807, 2.05) is 11.8 Å². The highest BCUT2D eigenvalue weighted by molar-refractivity contribution is 5.60. The third-order valence-electron chi connectivity index (χ3n) is 3.86. The van der Waals surface area contributed by atoms with Crippen molar-refractivity contribution in [3.63, 3.8) is 0 Å². The van der Waals surface area contributed by atoms with Crippen molar-refractivity contribution in [1.82, 2.24) is 0 Å². The van der Waals surface area contributed by atoms with Gasteiger partial charge in [-0.05, 0) is 38.0 Å². The fourth-order valence-corrected chi connectivity index (χ4v) is 2.58. The summed E-state index contributed by atoms with van der Waals surface area (Å²) in [6.45, 7) is 3.27. The van der Waals surface area contributed by atoms with Crippen LogP contribution < -0.4 is 10.6 Å². The lowest BCUT2D eigenvalue weighted by Gasteiger charge is -2.40. The molecule has 3 nitrogen and oxygen atoms in total. The number of rotatable bonds is 2. The van der Waals surface area contributed by atoms with Crippen molar-refractivity contribution in [3.8, 4) is 0 Å². The standard InChI is InChI=1S/C14H19F3N2O/c1-13(20-2)6-3-7-19(9-13)10-4-5-12(18)11(8-10)14(15,16)17/h4-5,8H,3,6-7,9,18H2,1-2H3. The van der Waals surface area contributed by atoms with E-state index in [4.69, 9.17) is 10.5 Å². The Morgan fingerprint density at radius 1 is 1.35 bits per heavy atom. The number of alkyl halides is 3. The van der Waals surface area contributed by atoms with Gasteiger partial charge >= 0.3 is 6.18 Å². The van der Waals surface area contributed by atoms with Crippen LogP contribution in [0.2, 0.25) is 0 Å². The fraction of sp³-hybridized carbons (Fsp3) is 0.571. The van der Waals surface area contributed by atoms with Crippen LogP contribution >= 0.6 is 0 Å². The summed E-state index contributed by atoms with van der Waals surface area (Å²) in [5.74, 6) is 0. The first-order valence-electron chi connectivity index (χ1n) is 6.52. The summed E-state index contributed by atoms with van der Waals surface area (Å²) < 4.78 is 44.1. The third kappa shape index (κ3) is 3.00. The van der Waals surface area contributed by atoms with Gasteiger partial charge in [-0.1, -0.05) is 0 Å². The van der Waals surface area contributed by atoms with Crippen LogP contribution in [0.4, 0.5) is 24.5 Å². The minimum Gasteiger partial charge on any atom is -0.398 e. The summed E-state index contributed by atoms with van der Waals surface area (Å²) in [7, 11) is 1.63. The fourth-order valence-electron chi connectivity index (χ4n) is 2.58. The Kier molecular flexibility index (Phi) is 3.86. The molecule has 1 fully saturated rings. The predicted octanol–water partition coefficient (Wildman–Crippen LogP) is 3.29. The first kappa shape index (κ1) is 15.0. The van der Waals surface area contributed by atoms with Crippen molar-refractivity contribution >= 4 is 11.4 Å². The van der Waals surface area contributed by atoms with Crippen LogP contribution in [0.25, 0.3) is 0 Å². The molecule has 6 heteroatoms. The molecule has 0 radical (unpaired) electrons. The van der Waals surface area contributed by atoms with Crippen molar-refractivity contribution in [2.75, 3.05) is 30.8 Å². The first-order chi connectivity index (χ1) is 9.25. The molecule has 0 aliphatic carbocycles. The van der Waals surface area contributed by atoms with Crippen LogP contribution in [0.1, 0.15) is 25.3 Å². The molecular formula is C14H19F3N2O. The highest BCUT2D eigenvalue weighted by atomic mass is 19.4. The maximum Gasteiger partial charge on any atom is 0.418 e. The molecule has 0 spiro atoms. The lowest BCUT2D eigenvalue weighted by Crippen LogP contribution is -2.47. The van der Waals surface area contributed by atoms with E-state index in [1.54, 1.807) is 13.2 Å². The monoisotopic (exact) mass is 288 g/mol. The van der Waals surface area contributed by atoms with Crippen LogP contribution in [0.15, 0.2) is 18.2 Å². The van der Waals surface area contributed by atoms with Gasteiger partial charge in [0.25, 0.3) is 0 Å². The lowest BCUT2D eigenvalue weighted by molar-refractivity contribution is -0.136. The summed E-state index contributed by atoms with van der Waals surface area (Å²) in [5, 5.41) is 0. The molecule has 2 N–H and O–H groups in total. The van der Waals surface area contributed by atoms with Crippen LogP contribution in [0, 0.1) is 0 Å². The molecule has 20 heavy (non-hydrogen) atoms. The van der Waals surface area contributed by atoms with Gasteiger partial charge in [-0.25, -0.2) is 0 Å². The highest BCUT2D eigenvalue weighted by Gasteiger charge is 2.35. The molecule has 1 heterocycles. The predicted molar refractivity (Wildman–Crippen MR) is 72.7 cm³/mol. The number of halogens is 3. The van der Waals surface area contributed by atoms with Crippen LogP contribution in [0.5, 0.6) is 0 Å². The second-order valence-electron chi connectivity index (χ2n) is 5.45. The quantitative estimate of drug-likeness (QED) is 0.849. The summed E-state index contributed by atoms with van der Waals surface area (Å²) >= 11 is 0. The van der Waals surface area contributed by atoms with E-state index >= 15 is 0 Å². The molecule has 2 rings (SSSR count). The topological polar surface area (TPSA) is 38.5 Å². The molecule has 0 amide bonds. The van der Waals surface area contributed by atoms with Gasteiger partial charge < -0.3 is 15.4 Å². The van der Waals surface area contributed by atoms with Crippen molar-refractivity contribution in [3.05, 3.63) is 23.8 Å². The Bertz CT molecular complexity index is 490.